The van der Waals surface area contributed by atoms with Crippen molar-refractivity contribution in [2.75, 3.05) is 13.7 Å². The summed E-state index contributed by atoms with van der Waals surface area (Å²) < 4.78 is 25.6. The Balaban J connectivity index is 1.52. The molecular weight excluding hydrogens is 511 g/mol. The summed E-state index contributed by atoms with van der Waals surface area (Å²) in [6, 6.07) is 6.91. The standard InChI is InChI=1S/C29H38BrFO4/c1-34-27(32)12-8-3-2-7-11-24-23(17-25(30)28(33)20-9-5-4-6-10-20)26-18-29(24,19-35-26)21-13-15-22(31)16-14-21/h2,7,13-17,20,23-24,26,28,33H,3-6,8-12,18-19H2,1H3/t23-,24-,26-,28+,29-/m0/s1. The first-order valence-electron chi connectivity index (χ1n) is 13.1. The van der Waals surface area contributed by atoms with E-state index >= 15 is 0 Å². The van der Waals surface area contributed by atoms with Crippen LogP contribution in [-0.4, -0.2) is 37.0 Å². The van der Waals surface area contributed by atoms with Gasteiger partial charge in [0.1, 0.15) is 5.82 Å². The molecule has 35 heavy (non-hydrogen) atoms. The van der Waals surface area contributed by atoms with Crippen molar-refractivity contribution in [3.8, 4) is 0 Å². The normalized spacial score (nSPS) is 30.2. The number of halogens is 2. The number of unbranched alkanes of at least 4 members (excludes halogenated alkanes) is 1. The number of benzene rings is 1. The van der Waals surface area contributed by atoms with Crippen LogP contribution in [0.15, 0.2) is 47.0 Å². The number of fused-ring (bicyclic) bond motifs is 2. The summed E-state index contributed by atoms with van der Waals surface area (Å²) in [5, 5.41) is 11.1. The van der Waals surface area contributed by atoms with Gasteiger partial charge in [-0.05, 0) is 68.1 Å². The maximum Gasteiger partial charge on any atom is 0.305 e. The van der Waals surface area contributed by atoms with Crippen LogP contribution in [0.25, 0.3) is 0 Å². The smallest absolute Gasteiger partial charge is 0.305 e. The van der Waals surface area contributed by atoms with Crippen LogP contribution in [0.1, 0.15) is 69.8 Å². The third kappa shape index (κ3) is 6.08. The van der Waals surface area contributed by atoms with E-state index in [1.165, 1.54) is 26.4 Å². The largest absolute Gasteiger partial charge is 0.469 e. The second-order valence-corrected chi connectivity index (χ2v) is 11.4. The van der Waals surface area contributed by atoms with Crippen molar-refractivity contribution in [3.63, 3.8) is 0 Å². The van der Waals surface area contributed by atoms with E-state index in [0.29, 0.717) is 18.9 Å². The molecule has 1 aromatic rings. The van der Waals surface area contributed by atoms with Crippen LogP contribution in [0.5, 0.6) is 0 Å². The molecule has 1 saturated heterocycles. The lowest BCUT2D eigenvalue weighted by Gasteiger charge is -2.38. The number of hydrogen-bond donors (Lipinski definition) is 1. The van der Waals surface area contributed by atoms with Gasteiger partial charge in [-0.25, -0.2) is 4.39 Å². The predicted molar refractivity (Wildman–Crippen MR) is 139 cm³/mol. The van der Waals surface area contributed by atoms with E-state index in [-0.39, 0.29) is 35.1 Å². The van der Waals surface area contributed by atoms with Crippen molar-refractivity contribution in [2.45, 2.75) is 81.8 Å². The Labute approximate surface area is 217 Å². The van der Waals surface area contributed by atoms with Crippen LogP contribution in [-0.2, 0) is 19.7 Å². The fourth-order valence-corrected chi connectivity index (χ4v) is 7.13. The molecular formula is C29H38BrFO4. The summed E-state index contributed by atoms with van der Waals surface area (Å²) in [7, 11) is 1.42. The molecule has 1 aromatic carbocycles. The summed E-state index contributed by atoms with van der Waals surface area (Å²) in [4.78, 5) is 11.4. The molecule has 3 aliphatic rings. The van der Waals surface area contributed by atoms with Gasteiger partial charge in [-0.1, -0.05) is 65.6 Å². The molecule has 0 unspecified atom stereocenters. The number of ether oxygens (including phenoxy) is 2. The zero-order valence-electron chi connectivity index (χ0n) is 20.6. The molecule has 6 heteroatoms. The Bertz CT molecular complexity index is 908. The molecule has 1 N–H and O–H groups in total. The first-order valence-corrected chi connectivity index (χ1v) is 13.9. The number of hydrogen-bond acceptors (Lipinski definition) is 4. The van der Waals surface area contributed by atoms with E-state index in [1.54, 1.807) is 12.1 Å². The van der Waals surface area contributed by atoms with Gasteiger partial charge in [0.15, 0.2) is 0 Å². The number of allylic oxidation sites excluding steroid dienone is 2. The van der Waals surface area contributed by atoms with Gasteiger partial charge in [-0.3, -0.25) is 4.79 Å². The van der Waals surface area contributed by atoms with Gasteiger partial charge in [0.2, 0.25) is 0 Å². The van der Waals surface area contributed by atoms with Crippen LogP contribution in [0.2, 0.25) is 0 Å². The van der Waals surface area contributed by atoms with Crippen molar-refractivity contribution in [3.05, 3.63) is 58.4 Å². The highest BCUT2D eigenvalue weighted by Gasteiger charge is 2.58. The number of carbonyl (C=O) groups excluding carboxylic acids is 1. The molecule has 4 rings (SSSR count). The van der Waals surface area contributed by atoms with E-state index in [2.05, 4.69) is 34.2 Å². The molecule has 2 saturated carbocycles. The fraction of sp³-hybridized carbons (Fsp3) is 0.621. The topological polar surface area (TPSA) is 55.8 Å². The molecule has 0 aromatic heterocycles. The van der Waals surface area contributed by atoms with E-state index in [9.17, 15) is 14.3 Å². The predicted octanol–water partition coefficient (Wildman–Crippen LogP) is 6.61. The van der Waals surface area contributed by atoms with E-state index in [4.69, 9.17) is 9.47 Å². The van der Waals surface area contributed by atoms with Gasteiger partial charge < -0.3 is 14.6 Å². The third-order valence-corrected chi connectivity index (χ3v) is 9.14. The molecule has 4 nitrogen and oxygen atoms in total. The first-order chi connectivity index (χ1) is 16.9. The van der Waals surface area contributed by atoms with Crippen molar-refractivity contribution in [1.82, 2.24) is 0 Å². The zero-order chi connectivity index (χ0) is 24.8. The van der Waals surface area contributed by atoms with Gasteiger partial charge in [0.05, 0.1) is 25.9 Å². The fourth-order valence-electron chi connectivity index (χ4n) is 6.45. The lowest BCUT2D eigenvalue weighted by Crippen LogP contribution is -2.39. The monoisotopic (exact) mass is 548 g/mol. The summed E-state index contributed by atoms with van der Waals surface area (Å²) >= 11 is 3.74. The van der Waals surface area contributed by atoms with Gasteiger partial charge in [-0.15, -0.1) is 0 Å². The molecule has 0 amide bonds. The maximum atomic E-state index is 13.7. The highest BCUT2D eigenvalue weighted by Crippen LogP contribution is 2.57. The van der Waals surface area contributed by atoms with Crippen molar-refractivity contribution < 1.29 is 23.8 Å². The zero-order valence-corrected chi connectivity index (χ0v) is 22.2. The quantitative estimate of drug-likeness (QED) is 0.203. The number of aliphatic hydroxyl groups excluding tert-OH is 1. The second kappa shape index (κ2) is 12.2. The minimum atomic E-state index is -0.467. The van der Waals surface area contributed by atoms with Crippen LogP contribution < -0.4 is 0 Å². The third-order valence-electron chi connectivity index (χ3n) is 8.41. The molecule has 2 aliphatic carbocycles. The lowest BCUT2D eigenvalue weighted by atomic mass is 9.69. The number of carbonyl (C=O) groups is 1. The Morgan fingerprint density at radius 2 is 2.00 bits per heavy atom. The molecule has 0 radical (unpaired) electrons. The average molecular weight is 550 g/mol. The average Bonchev–Trinajstić information content (AvgIpc) is 3.44. The number of methoxy groups -OCH3 is 1. The molecule has 192 valence electrons. The van der Waals surface area contributed by atoms with Crippen molar-refractivity contribution in [1.29, 1.82) is 0 Å². The molecule has 5 atom stereocenters. The van der Waals surface area contributed by atoms with Crippen LogP contribution in [0.4, 0.5) is 4.39 Å². The summed E-state index contributed by atoms with van der Waals surface area (Å²) in [6.07, 6.45) is 15.8. The Morgan fingerprint density at radius 3 is 2.71 bits per heavy atom. The first kappa shape index (κ1) is 26.6. The van der Waals surface area contributed by atoms with E-state index in [0.717, 1.165) is 48.6 Å². The number of aliphatic hydroxyl groups is 1. The summed E-state index contributed by atoms with van der Waals surface area (Å²) in [6.45, 7) is 0.636. The Hall–Kier alpha value is -1.50. The van der Waals surface area contributed by atoms with Gasteiger partial charge in [0, 0.05) is 22.2 Å². The minimum Gasteiger partial charge on any atom is -0.469 e. The molecule has 2 bridgehead atoms. The maximum absolute atomic E-state index is 13.7. The SMILES string of the molecule is COC(=O)CCCC=CC[C@H]1[C@H](C=C(Br)[C@H](O)C2CCCCC2)[C@@H]2C[C@@]1(c1ccc(F)cc1)CO2. The van der Waals surface area contributed by atoms with Crippen molar-refractivity contribution in [2.24, 2.45) is 17.8 Å². The molecule has 0 spiro atoms. The summed E-state index contributed by atoms with van der Waals surface area (Å²) in [5.41, 5.74) is 0.962. The number of esters is 1. The number of rotatable bonds is 10. The van der Waals surface area contributed by atoms with Crippen LogP contribution in [0.3, 0.4) is 0 Å². The highest BCUT2D eigenvalue weighted by molar-refractivity contribution is 9.11. The van der Waals surface area contributed by atoms with Crippen LogP contribution in [0, 0.1) is 23.6 Å². The molecule has 3 fully saturated rings. The van der Waals surface area contributed by atoms with Crippen molar-refractivity contribution >= 4 is 21.9 Å². The summed E-state index contributed by atoms with van der Waals surface area (Å²) in [5.74, 6) is 0.366. The van der Waals surface area contributed by atoms with Crippen LogP contribution >= 0.6 is 15.9 Å². The lowest BCUT2D eigenvalue weighted by molar-refractivity contribution is -0.140. The van der Waals surface area contributed by atoms with E-state index in [1.807, 2.05) is 12.1 Å². The Morgan fingerprint density at radius 1 is 1.26 bits per heavy atom. The van der Waals surface area contributed by atoms with Gasteiger partial charge >= 0.3 is 5.97 Å². The molecule has 1 aliphatic heterocycles. The van der Waals surface area contributed by atoms with Gasteiger partial charge in [0.25, 0.3) is 0 Å². The Kier molecular flexibility index (Phi) is 9.23. The molecule has 1 heterocycles. The highest BCUT2D eigenvalue weighted by atomic mass is 79.9. The van der Waals surface area contributed by atoms with E-state index < -0.39 is 6.10 Å². The van der Waals surface area contributed by atoms with Gasteiger partial charge in [-0.2, -0.15) is 0 Å². The second-order valence-electron chi connectivity index (χ2n) is 10.5. The minimum absolute atomic E-state index is 0.0869.